The molecule has 0 aromatic carbocycles. The molecule has 1 aliphatic heterocycles. The van der Waals surface area contributed by atoms with Gasteiger partial charge in [-0.3, -0.25) is 4.90 Å². The molecule has 136 valence electrons. The van der Waals surface area contributed by atoms with E-state index < -0.39 is 0 Å². The van der Waals surface area contributed by atoms with Gasteiger partial charge < -0.3 is 14.4 Å². The van der Waals surface area contributed by atoms with Crippen molar-refractivity contribution in [1.82, 2.24) is 30.1 Å². The molecule has 0 aliphatic carbocycles. The normalized spacial score (nSPS) is 18.4. The Bertz CT molecular complexity index is 659. The number of rotatable bonds is 7. The maximum atomic E-state index is 5.89. The molecule has 1 aliphatic rings. The first-order valence-electron chi connectivity index (χ1n) is 8.38. The highest BCUT2D eigenvalue weighted by Crippen LogP contribution is 2.21. The smallest absolute Gasteiger partial charge is 0.181 e. The summed E-state index contributed by atoms with van der Waals surface area (Å²) >= 11 is 0. The maximum absolute atomic E-state index is 5.89. The summed E-state index contributed by atoms with van der Waals surface area (Å²) in [5.41, 5.74) is 1.19. The standard InChI is InChI=1S/C16H25N7O2/c1-21(2)15-5-4-13(10-17-15)11-22-6-9-25-14(12-22)16-18-19-20-23(16)7-8-24-3/h4-5,10,14H,6-9,11-12H2,1-3H3/t14-/m1/s1. The number of tetrazole rings is 1. The van der Waals surface area contributed by atoms with Crippen LogP contribution in [0.15, 0.2) is 18.3 Å². The monoisotopic (exact) mass is 347 g/mol. The average molecular weight is 347 g/mol. The molecule has 0 radical (unpaired) electrons. The number of hydrogen-bond donors (Lipinski definition) is 0. The number of methoxy groups -OCH3 is 1. The lowest BCUT2D eigenvalue weighted by atomic mass is 10.2. The van der Waals surface area contributed by atoms with Gasteiger partial charge in [-0.05, 0) is 22.1 Å². The van der Waals surface area contributed by atoms with Crippen LogP contribution in [0.4, 0.5) is 5.82 Å². The first-order valence-corrected chi connectivity index (χ1v) is 8.38. The SMILES string of the molecule is COCCn1nnnc1[C@H]1CN(Cc2ccc(N(C)C)nc2)CCO1. The molecular formula is C16H25N7O2. The fourth-order valence-electron chi connectivity index (χ4n) is 2.81. The zero-order valence-electron chi connectivity index (χ0n) is 15.0. The Morgan fingerprint density at radius 3 is 2.96 bits per heavy atom. The molecule has 0 saturated carbocycles. The van der Waals surface area contributed by atoms with Gasteiger partial charge in [-0.2, -0.15) is 0 Å². The third kappa shape index (κ3) is 4.50. The minimum absolute atomic E-state index is 0.130. The molecule has 1 fully saturated rings. The number of pyridine rings is 1. The lowest BCUT2D eigenvalue weighted by Gasteiger charge is -2.32. The highest BCUT2D eigenvalue weighted by Gasteiger charge is 2.26. The topological polar surface area (TPSA) is 81.4 Å². The van der Waals surface area contributed by atoms with Crippen LogP contribution in [0.25, 0.3) is 0 Å². The Morgan fingerprint density at radius 2 is 2.24 bits per heavy atom. The number of anilines is 1. The number of nitrogens with zero attached hydrogens (tertiary/aromatic N) is 7. The van der Waals surface area contributed by atoms with Crippen molar-refractivity contribution in [2.45, 2.75) is 19.2 Å². The second kappa shape index (κ2) is 8.32. The summed E-state index contributed by atoms with van der Waals surface area (Å²) in [4.78, 5) is 8.82. The Labute approximate surface area is 147 Å². The number of hydrogen-bond acceptors (Lipinski definition) is 8. The minimum Gasteiger partial charge on any atom is -0.383 e. The van der Waals surface area contributed by atoms with Crippen molar-refractivity contribution in [3.63, 3.8) is 0 Å². The third-order valence-electron chi connectivity index (χ3n) is 4.18. The largest absolute Gasteiger partial charge is 0.383 e. The molecule has 1 atom stereocenters. The summed E-state index contributed by atoms with van der Waals surface area (Å²) in [6.07, 6.45) is 1.80. The van der Waals surface area contributed by atoms with Crippen LogP contribution in [0.2, 0.25) is 0 Å². The molecule has 9 heteroatoms. The van der Waals surface area contributed by atoms with Crippen LogP contribution in [0.5, 0.6) is 0 Å². The van der Waals surface area contributed by atoms with E-state index in [0.717, 1.165) is 31.3 Å². The Balaban J connectivity index is 1.62. The van der Waals surface area contributed by atoms with Crippen molar-refractivity contribution in [1.29, 1.82) is 0 Å². The molecule has 3 heterocycles. The van der Waals surface area contributed by atoms with E-state index >= 15 is 0 Å². The van der Waals surface area contributed by atoms with E-state index in [1.165, 1.54) is 5.56 Å². The van der Waals surface area contributed by atoms with E-state index in [2.05, 4.69) is 31.5 Å². The van der Waals surface area contributed by atoms with Crippen molar-refractivity contribution in [3.05, 3.63) is 29.7 Å². The van der Waals surface area contributed by atoms with Gasteiger partial charge in [0, 0.05) is 47.0 Å². The molecule has 9 nitrogen and oxygen atoms in total. The van der Waals surface area contributed by atoms with Gasteiger partial charge >= 0.3 is 0 Å². The second-order valence-electron chi connectivity index (χ2n) is 6.27. The molecule has 2 aromatic rings. The van der Waals surface area contributed by atoms with Gasteiger partial charge in [0.05, 0.1) is 19.8 Å². The summed E-state index contributed by atoms with van der Waals surface area (Å²) in [5.74, 6) is 1.71. The zero-order chi connectivity index (χ0) is 17.6. The van der Waals surface area contributed by atoms with Crippen LogP contribution < -0.4 is 4.90 Å². The third-order valence-corrected chi connectivity index (χ3v) is 4.18. The summed E-state index contributed by atoms with van der Waals surface area (Å²) in [7, 11) is 5.64. The molecular weight excluding hydrogens is 322 g/mol. The molecule has 0 amide bonds. The lowest BCUT2D eigenvalue weighted by molar-refractivity contribution is -0.0397. The van der Waals surface area contributed by atoms with Crippen LogP contribution in [0.3, 0.4) is 0 Å². The first kappa shape index (κ1) is 17.7. The van der Waals surface area contributed by atoms with E-state index in [4.69, 9.17) is 9.47 Å². The van der Waals surface area contributed by atoms with Crippen LogP contribution >= 0.6 is 0 Å². The van der Waals surface area contributed by atoms with E-state index in [-0.39, 0.29) is 6.10 Å². The summed E-state index contributed by atoms with van der Waals surface area (Å²) in [6.45, 7) is 4.31. The van der Waals surface area contributed by atoms with Crippen molar-refractivity contribution in [2.75, 3.05) is 52.4 Å². The van der Waals surface area contributed by atoms with E-state index in [1.54, 1.807) is 11.8 Å². The van der Waals surface area contributed by atoms with Gasteiger partial charge in [0.25, 0.3) is 0 Å². The Morgan fingerprint density at radius 1 is 1.36 bits per heavy atom. The number of morpholine rings is 1. The van der Waals surface area contributed by atoms with Crippen molar-refractivity contribution in [2.24, 2.45) is 0 Å². The van der Waals surface area contributed by atoms with Gasteiger partial charge in [-0.15, -0.1) is 5.10 Å². The van der Waals surface area contributed by atoms with Crippen LogP contribution in [0, 0.1) is 0 Å². The van der Waals surface area contributed by atoms with Crippen LogP contribution in [0.1, 0.15) is 17.5 Å². The van der Waals surface area contributed by atoms with Crippen LogP contribution in [-0.4, -0.2) is 77.6 Å². The predicted octanol–water partition coefficient (Wildman–Crippen LogP) is 0.354. The highest BCUT2D eigenvalue weighted by molar-refractivity contribution is 5.37. The van der Waals surface area contributed by atoms with Gasteiger partial charge in [-0.1, -0.05) is 6.07 Å². The molecule has 25 heavy (non-hydrogen) atoms. The van der Waals surface area contributed by atoms with Gasteiger partial charge in [0.1, 0.15) is 11.9 Å². The van der Waals surface area contributed by atoms with E-state index in [1.807, 2.05) is 31.3 Å². The Hall–Kier alpha value is -2.10. The molecule has 0 unspecified atom stereocenters. The van der Waals surface area contributed by atoms with Gasteiger partial charge in [0.15, 0.2) is 5.82 Å². The average Bonchev–Trinajstić information content (AvgIpc) is 3.09. The fourth-order valence-corrected chi connectivity index (χ4v) is 2.81. The van der Waals surface area contributed by atoms with Crippen molar-refractivity contribution >= 4 is 5.82 Å². The molecule has 3 rings (SSSR count). The maximum Gasteiger partial charge on any atom is 0.181 e. The summed E-state index contributed by atoms with van der Waals surface area (Å²) in [6, 6.07) is 4.16. The lowest BCUT2D eigenvalue weighted by Crippen LogP contribution is -2.39. The fraction of sp³-hybridized carbons (Fsp3) is 0.625. The Kier molecular flexibility index (Phi) is 5.90. The number of ether oxygens (including phenoxy) is 2. The first-order chi connectivity index (χ1) is 12.2. The predicted molar refractivity (Wildman–Crippen MR) is 92.2 cm³/mol. The molecule has 0 N–H and O–H groups in total. The molecule has 0 spiro atoms. The minimum atomic E-state index is -0.130. The molecule has 1 saturated heterocycles. The number of aromatic nitrogens is 5. The van der Waals surface area contributed by atoms with E-state index in [9.17, 15) is 0 Å². The van der Waals surface area contributed by atoms with Gasteiger partial charge in [0.2, 0.25) is 0 Å². The second-order valence-corrected chi connectivity index (χ2v) is 6.27. The summed E-state index contributed by atoms with van der Waals surface area (Å²) in [5, 5.41) is 11.9. The van der Waals surface area contributed by atoms with Gasteiger partial charge in [-0.25, -0.2) is 9.67 Å². The molecule has 0 bridgehead atoms. The van der Waals surface area contributed by atoms with Crippen molar-refractivity contribution in [3.8, 4) is 0 Å². The molecule has 2 aromatic heterocycles. The highest BCUT2D eigenvalue weighted by atomic mass is 16.5. The quantitative estimate of drug-likeness (QED) is 0.710. The van der Waals surface area contributed by atoms with Crippen LogP contribution in [-0.2, 0) is 22.6 Å². The zero-order valence-corrected chi connectivity index (χ0v) is 15.0. The van der Waals surface area contributed by atoms with Crippen molar-refractivity contribution < 1.29 is 9.47 Å². The van der Waals surface area contributed by atoms with E-state index in [0.29, 0.717) is 19.8 Å². The summed E-state index contributed by atoms with van der Waals surface area (Å²) < 4.78 is 12.8.